The first-order valence-electron chi connectivity index (χ1n) is 8.99. The van der Waals surface area contributed by atoms with Crippen LogP contribution in [0.5, 0.6) is 5.75 Å². The highest BCUT2D eigenvalue weighted by Gasteiger charge is 2.18. The summed E-state index contributed by atoms with van der Waals surface area (Å²) in [5, 5.41) is 5.49. The highest BCUT2D eigenvalue weighted by atomic mass is 32.2. The molecule has 3 N–H and O–H groups in total. The summed E-state index contributed by atoms with van der Waals surface area (Å²) >= 11 is 0. The smallest absolute Gasteiger partial charge is 0.414 e. The SMILES string of the molecule is Cc1c(Cc2cccc(NS(N)(=O)=O)c2F)c(=O)oc2cc(OC(=O)N(C)C)ccc12. The molecule has 3 aromatic rings. The number of aryl methyl sites for hydroxylation is 1. The van der Waals surface area contributed by atoms with E-state index in [0.717, 1.165) is 0 Å². The normalized spacial score (nSPS) is 11.4. The summed E-state index contributed by atoms with van der Waals surface area (Å²) in [6.07, 6.45) is -0.716. The second kappa shape index (κ2) is 8.36. The van der Waals surface area contributed by atoms with Crippen LogP contribution in [-0.4, -0.2) is 33.5 Å². The molecule has 2 aromatic carbocycles. The largest absolute Gasteiger partial charge is 0.422 e. The fourth-order valence-corrected chi connectivity index (χ4v) is 3.44. The Hall–Kier alpha value is -3.44. The first-order valence-corrected chi connectivity index (χ1v) is 10.5. The lowest BCUT2D eigenvalue weighted by atomic mass is 9.99. The third-order valence-electron chi connectivity index (χ3n) is 4.53. The number of amides is 1. The van der Waals surface area contributed by atoms with Gasteiger partial charge >= 0.3 is 11.7 Å². The van der Waals surface area contributed by atoms with Crippen molar-refractivity contribution in [1.29, 1.82) is 0 Å². The van der Waals surface area contributed by atoms with Gasteiger partial charge in [-0.1, -0.05) is 12.1 Å². The lowest BCUT2D eigenvalue weighted by Crippen LogP contribution is -2.25. The molecule has 0 atom stereocenters. The van der Waals surface area contributed by atoms with E-state index in [1.165, 1.54) is 43.3 Å². The average Bonchev–Trinajstić information content (AvgIpc) is 2.66. The molecule has 1 aromatic heterocycles. The molecule has 0 saturated heterocycles. The maximum atomic E-state index is 14.7. The molecule has 0 fully saturated rings. The first-order chi connectivity index (χ1) is 14.5. The molecular formula is C20H20FN3O6S. The van der Waals surface area contributed by atoms with Crippen LogP contribution in [0, 0.1) is 12.7 Å². The molecule has 1 heterocycles. The molecule has 11 heteroatoms. The second-order valence-electron chi connectivity index (χ2n) is 7.02. The van der Waals surface area contributed by atoms with Gasteiger partial charge in [-0.2, -0.15) is 8.42 Å². The number of nitrogens with two attached hydrogens (primary N) is 1. The van der Waals surface area contributed by atoms with Gasteiger partial charge in [0, 0.05) is 37.5 Å². The number of nitrogens with zero attached hydrogens (tertiary/aromatic N) is 1. The lowest BCUT2D eigenvalue weighted by molar-refractivity contribution is 0.172. The number of ether oxygens (including phenoxy) is 1. The zero-order valence-electron chi connectivity index (χ0n) is 16.9. The van der Waals surface area contributed by atoms with E-state index in [-0.39, 0.29) is 34.6 Å². The summed E-state index contributed by atoms with van der Waals surface area (Å²) < 4.78 is 49.6. The van der Waals surface area contributed by atoms with Gasteiger partial charge in [-0.3, -0.25) is 4.72 Å². The van der Waals surface area contributed by atoms with Crippen molar-refractivity contribution in [2.45, 2.75) is 13.3 Å². The zero-order valence-corrected chi connectivity index (χ0v) is 17.7. The molecule has 0 aliphatic heterocycles. The van der Waals surface area contributed by atoms with Crippen LogP contribution >= 0.6 is 0 Å². The third-order valence-corrected chi connectivity index (χ3v) is 5.03. The van der Waals surface area contributed by atoms with Gasteiger partial charge in [0.25, 0.3) is 10.2 Å². The Morgan fingerprint density at radius 1 is 1.26 bits per heavy atom. The van der Waals surface area contributed by atoms with Gasteiger partial charge in [0.05, 0.1) is 5.69 Å². The minimum Gasteiger partial charge on any atom is -0.422 e. The quantitative estimate of drug-likeness (QED) is 0.575. The van der Waals surface area contributed by atoms with Crippen molar-refractivity contribution in [3.8, 4) is 5.75 Å². The summed E-state index contributed by atoms with van der Waals surface area (Å²) in [6, 6.07) is 8.69. The van der Waals surface area contributed by atoms with E-state index in [2.05, 4.69) is 0 Å². The van der Waals surface area contributed by atoms with E-state index in [1.54, 1.807) is 19.1 Å². The van der Waals surface area contributed by atoms with Crippen molar-refractivity contribution >= 4 is 33.0 Å². The molecule has 9 nitrogen and oxygen atoms in total. The Balaban J connectivity index is 2.00. The summed E-state index contributed by atoms with van der Waals surface area (Å²) in [5.41, 5.74) is 0.0407. The molecule has 0 spiro atoms. The number of anilines is 1. The fraction of sp³-hybridized carbons (Fsp3) is 0.200. The van der Waals surface area contributed by atoms with Gasteiger partial charge in [-0.05, 0) is 36.2 Å². The van der Waals surface area contributed by atoms with E-state index in [4.69, 9.17) is 14.3 Å². The highest BCUT2D eigenvalue weighted by Crippen LogP contribution is 2.27. The van der Waals surface area contributed by atoms with Gasteiger partial charge in [0.1, 0.15) is 11.3 Å². The summed E-state index contributed by atoms with van der Waals surface area (Å²) in [6.45, 7) is 1.68. The molecule has 0 bridgehead atoms. The van der Waals surface area contributed by atoms with Crippen molar-refractivity contribution in [2.75, 3.05) is 18.8 Å². The second-order valence-corrected chi connectivity index (χ2v) is 8.31. The van der Waals surface area contributed by atoms with Crippen molar-refractivity contribution in [2.24, 2.45) is 5.14 Å². The average molecular weight is 449 g/mol. The number of halogens is 1. The topological polar surface area (TPSA) is 132 Å². The molecule has 31 heavy (non-hydrogen) atoms. The van der Waals surface area contributed by atoms with Gasteiger partial charge in [-0.25, -0.2) is 19.1 Å². The monoisotopic (exact) mass is 449 g/mol. The molecule has 0 saturated carbocycles. The minimum absolute atomic E-state index is 0.0833. The minimum atomic E-state index is -4.16. The summed E-state index contributed by atoms with van der Waals surface area (Å²) in [7, 11) is -1.09. The van der Waals surface area contributed by atoms with Gasteiger partial charge in [-0.15, -0.1) is 0 Å². The van der Waals surface area contributed by atoms with Crippen LogP contribution in [0.1, 0.15) is 16.7 Å². The van der Waals surface area contributed by atoms with Crippen LogP contribution < -0.4 is 20.2 Å². The van der Waals surface area contributed by atoms with Gasteiger partial charge in [0.2, 0.25) is 0 Å². The predicted octanol–water partition coefficient (Wildman–Crippen LogP) is 2.51. The zero-order chi connectivity index (χ0) is 22.9. The predicted molar refractivity (Wildman–Crippen MR) is 113 cm³/mol. The fourth-order valence-electron chi connectivity index (χ4n) is 2.97. The van der Waals surface area contributed by atoms with Crippen LogP contribution in [-0.2, 0) is 16.6 Å². The number of nitrogens with one attached hydrogen (secondary N) is 1. The number of hydrogen-bond donors (Lipinski definition) is 2. The Morgan fingerprint density at radius 3 is 2.61 bits per heavy atom. The van der Waals surface area contributed by atoms with Crippen LogP contribution in [0.4, 0.5) is 14.9 Å². The molecule has 0 unspecified atom stereocenters. The molecule has 1 amide bonds. The maximum Gasteiger partial charge on any atom is 0.414 e. The van der Waals surface area contributed by atoms with E-state index in [9.17, 15) is 22.4 Å². The Bertz CT molecular complexity index is 1330. The number of fused-ring (bicyclic) bond motifs is 1. The van der Waals surface area contributed by atoms with E-state index < -0.39 is 27.7 Å². The van der Waals surface area contributed by atoms with E-state index in [1.807, 2.05) is 4.72 Å². The van der Waals surface area contributed by atoms with Gasteiger partial charge < -0.3 is 14.1 Å². The number of carbonyl (C=O) groups excluding carboxylic acids is 1. The van der Waals surface area contributed by atoms with Crippen LogP contribution in [0.3, 0.4) is 0 Å². The molecular weight excluding hydrogens is 429 g/mol. The molecule has 0 aliphatic carbocycles. The van der Waals surface area contributed by atoms with Gasteiger partial charge in [0.15, 0.2) is 5.82 Å². The molecule has 0 radical (unpaired) electrons. The maximum absolute atomic E-state index is 14.7. The summed E-state index contributed by atoms with van der Waals surface area (Å²) in [4.78, 5) is 25.6. The van der Waals surface area contributed by atoms with Crippen molar-refractivity contribution in [3.63, 3.8) is 0 Å². The summed E-state index contributed by atoms with van der Waals surface area (Å²) in [5.74, 6) is -0.643. The molecule has 164 valence electrons. The van der Waals surface area contributed by atoms with Crippen molar-refractivity contribution in [3.05, 3.63) is 69.3 Å². The van der Waals surface area contributed by atoms with Crippen LogP contribution in [0.25, 0.3) is 11.0 Å². The number of hydrogen-bond acceptors (Lipinski definition) is 6. The third kappa shape index (κ3) is 5.01. The first kappa shape index (κ1) is 22.2. The van der Waals surface area contributed by atoms with Crippen LogP contribution in [0.2, 0.25) is 0 Å². The Kier molecular flexibility index (Phi) is 6.00. The highest BCUT2D eigenvalue weighted by molar-refractivity contribution is 7.90. The van der Waals surface area contributed by atoms with Crippen molar-refractivity contribution < 1.29 is 26.8 Å². The Labute approximate surface area is 177 Å². The van der Waals surface area contributed by atoms with E-state index >= 15 is 0 Å². The van der Waals surface area contributed by atoms with Crippen LogP contribution in [0.15, 0.2) is 45.6 Å². The number of benzene rings is 2. The number of rotatable bonds is 5. The molecule has 0 aliphatic rings. The lowest BCUT2D eigenvalue weighted by Gasteiger charge is -2.13. The van der Waals surface area contributed by atoms with E-state index in [0.29, 0.717) is 10.9 Å². The number of carbonyl (C=O) groups is 1. The van der Waals surface area contributed by atoms with Crippen molar-refractivity contribution in [1.82, 2.24) is 4.90 Å². The Morgan fingerprint density at radius 2 is 1.97 bits per heavy atom. The standard InChI is InChI=1S/C20H20FN3O6S/c1-11-14-8-7-13(29-20(26)24(2)3)10-17(14)30-19(25)15(11)9-12-5-4-6-16(18(12)21)23-31(22,27)28/h4-8,10,23H,9H2,1-3H3,(H2,22,27,28). The molecule has 3 rings (SSSR count).